The third-order valence-corrected chi connectivity index (χ3v) is 6.11. The Morgan fingerprint density at radius 3 is 2.43 bits per heavy atom. The lowest BCUT2D eigenvalue weighted by atomic mass is 9.95. The van der Waals surface area contributed by atoms with Crippen LogP contribution in [-0.2, 0) is 12.8 Å². The molecule has 126 valence electrons. The molecule has 3 heterocycles. The Hall–Kier alpha value is -1.16. The lowest BCUT2D eigenvalue weighted by Crippen LogP contribution is -2.46. The number of nitrogens with zero attached hydrogens (tertiary/aromatic N) is 4. The summed E-state index contributed by atoms with van der Waals surface area (Å²) in [6.07, 6.45) is 10.3. The average Bonchev–Trinajstić information content (AvgIpc) is 3.00. The van der Waals surface area contributed by atoms with Crippen molar-refractivity contribution in [3.8, 4) is 0 Å². The maximum absolute atomic E-state index is 4.85. The van der Waals surface area contributed by atoms with E-state index in [9.17, 15) is 0 Å². The summed E-state index contributed by atoms with van der Waals surface area (Å²) in [5.74, 6) is 2.22. The van der Waals surface area contributed by atoms with E-state index in [1.54, 1.807) is 0 Å². The first kappa shape index (κ1) is 15.4. The zero-order valence-electron chi connectivity index (χ0n) is 14.7. The van der Waals surface area contributed by atoms with E-state index in [1.807, 2.05) is 0 Å². The second-order valence-corrected chi connectivity index (χ2v) is 7.67. The van der Waals surface area contributed by atoms with Crippen molar-refractivity contribution in [2.45, 2.75) is 77.3 Å². The average molecular weight is 314 g/mol. The Morgan fingerprint density at radius 1 is 0.913 bits per heavy atom. The van der Waals surface area contributed by atoms with E-state index in [0.717, 1.165) is 37.4 Å². The molecule has 4 nitrogen and oxygen atoms in total. The lowest BCUT2D eigenvalue weighted by Gasteiger charge is -2.40. The molecule has 0 radical (unpaired) electrons. The standard InChI is InChI=1S/C19H30N4/c1-14-6-5-11-23(14)16-9-12-22(13-10-16)19-17-7-3-4-8-18(17)20-15(2)21-19/h14,16H,3-13H2,1-2H3. The number of likely N-dealkylation sites (tertiary alicyclic amines) is 1. The number of aromatic nitrogens is 2. The van der Waals surface area contributed by atoms with Gasteiger partial charge in [-0.25, -0.2) is 9.97 Å². The zero-order valence-corrected chi connectivity index (χ0v) is 14.7. The number of fused-ring (bicyclic) bond motifs is 1. The second kappa shape index (κ2) is 6.39. The number of aryl methyl sites for hydroxylation is 2. The van der Waals surface area contributed by atoms with Gasteiger partial charge in [-0.1, -0.05) is 0 Å². The topological polar surface area (TPSA) is 32.3 Å². The fraction of sp³-hybridized carbons (Fsp3) is 0.789. The first-order valence-corrected chi connectivity index (χ1v) is 9.59. The minimum atomic E-state index is 0.792. The Balaban J connectivity index is 1.49. The highest BCUT2D eigenvalue weighted by Gasteiger charge is 2.31. The van der Waals surface area contributed by atoms with Crippen molar-refractivity contribution in [2.24, 2.45) is 0 Å². The summed E-state index contributed by atoms with van der Waals surface area (Å²) in [7, 11) is 0. The molecule has 1 aliphatic carbocycles. The molecule has 1 unspecified atom stereocenters. The van der Waals surface area contributed by atoms with E-state index in [0.29, 0.717) is 0 Å². The molecule has 0 spiro atoms. The maximum Gasteiger partial charge on any atom is 0.135 e. The van der Waals surface area contributed by atoms with Gasteiger partial charge >= 0.3 is 0 Å². The van der Waals surface area contributed by atoms with Crippen molar-refractivity contribution in [1.29, 1.82) is 0 Å². The molecule has 0 N–H and O–H groups in total. The highest BCUT2D eigenvalue weighted by molar-refractivity contribution is 5.50. The molecule has 0 amide bonds. The second-order valence-electron chi connectivity index (χ2n) is 7.67. The van der Waals surface area contributed by atoms with Crippen LogP contribution in [0.4, 0.5) is 5.82 Å². The molecule has 0 saturated carbocycles. The van der Waals surface area contributed by atoms with Gasteiger partial charge in [0, 0.05) is 36.4 Å². The molecular weight excluding hydrogens is 284 g/mol. The van der Waals surface area contributed by atoms with Gasteiger partial charge in [-0.15, -0.1) is 0 Å². The van der Waals surface area contributed by atoms with Gasteiger partial charge in [-0.3, -0.25) is 4.90 Å². The number of anilines is 1. The highest BCUT2D eigenvalue weighted by atomic mass is 15.3. The molecule has 23 heavy (non-hydrogen) atoms. The smallest absolute Gasteiger partial charge is 0.135 e. The van der Waals surface area contributed by atoms with E-state index in [-0.39, 0.29) is 0 Å². The van der Waals surface area contributed by atoms with Gasteiger partial charge in [0.05, 0.1) is 0 Å². The van der Waals surface area contributed by atoms with Crippen LogP contribution in [0.2, 0.25) is 0 Å². The first-order chi connectivity index (χ1) is 11.2. The van der Waals surface area contributed by atoms with Crippen molar-refractivity contribution in [3.63, 3.8) is 0 Å². The molecule has 4 heteroatoms. The third kappa shape index (κ3) is 2.98. The van der Waals surface area contributed by atoms with Crippen molar-refractivity contribution < 1.29 is 0 Å². The predicted octanol–water partition coefficient (Wildman–Crippen LogP) is 3.12. The summed E-state index contributed by atoms with van der Waals surface area (Å²) in [4.78, 5) is 14.9. The summed E-state index contributed by atoms with van der Waals surface area (Å²) in [6, 6.07) is 1.59. The fourth-order valence-corrected chi connectivity index (χ4v) is 4.86. The van der Waals surface area contributed by atoms with E-state index in [4.69, 9.17) is 9.97 Å². The van der Waals surface area contributed by atoms with Crippen LogP contribution in [0.1, 0.15) is 62.5 Å². The van der Waals surface area contributed by atoms with Crippen LogP contribution < -0.4 is 4.90 Å². The van der Waals surface area contributed by atoms with E-state index in [2.05, 4.69) is 23.6 Å². The van der Waals surface area contributed by atoms with E-state index < -0.39 is 0 Å². The molecule has 2 aliphatic heterocycles. The maximum atomic E-state index is 4.85. The van der Waals surface area contributed by atoms with Crippen LogP contribution in [0.3, 0.4) is 0 Å². The van der Waals surface area contributed by atoms with Crippen LogP contribution in [-0.4, -0.2) is 46.6 Å². The molecule has 1 atom stereocenters. The van der Waals surface area contributed by atoms with E-state index in [1.165, 1.54) is 68.6 Å². The number of hydrogen-bond acceptors (Lipinski definition) is 4. The zero-order chi connectivity index (χ0) is 15.8. The molecule has 3 aliphatic rings. The molecule has 1 aromatic heterocycles. The van der Waals surface area contributed by atoms with Gasteiger partial charge in [0.2, 0.25) is 0 Å². The van der Waals surface area contributed by atoms with E-state index >= 15 is 0 Å². The number of hydrogen-bond donors (Lipinski definition) is 0. The van der Waals surface area contributed by atoms with Gasteiger partial charge in [-0.05, 0) is 71.8 Å². The summed E-state index contributed by atoms with van der Waals surface area (Å²) in [6.45, 7) is 8.10. The molecule has 1 aromatic rings. The van der Waals surface area contributed by atoms with Crippen molar-refractivity contribution >= 4 is 5.82 Å². The first-order valence-electron chi connectivity index (χ1n) is 9.59. The van der Waals surface area contributed by atoms with Crippen molar-refractivity contribution in [3.05, 3.63) is 17.1 Å². The van der Waals surface area contributed by atoms with Gasteiger partial charge < -0.3 is 4.90 Å². The molecular formula is C19H30N4. The van der Waals surface area contributed by atoms with Crippen LogP contribution >= 0.6 is 0 Å². The van der Waals surface area contributed by atoms with Gasteiger partial charge in [0.15, 0.2) is 0 Å². The fourth-order valence-electron chi connectivity index (χ4n) is 4.86. The number of piperidine rings is 1. The Labute approximate surface area is 140 Å². The summed E-state index contributed by atoms with van der Waals surface area (Å²) in [5.41, 5.74) is 2.78. The predicted molar refractivity (Wildman–Crippen MR) is 94.0 cm³/mol. The summed E-state index contributed by atoms with van der Waals surface area (Å²) < 4.78 is 0. The minimum Gasteiger partial charge on any atom is -0.356 e. The summed E-state index contributed by atoms with van der Waals surface area (Å²) >= 11 is 0. The minimum absolute atomic E-state index is 0.792. The molecule has 0 bridgehead atoms. The molecule has 0 aromatic carbocycles. The number of rotatable bonds is 2. The van der Waals surface area contributed by atoms with Gasteiger partial charge in [0.25, 0.3) is 0 Å². The Bertz CT molecular complexity index is 563. The largest absolute Gasteiger partial charge is 0.356 e. The monoisotopic (exact) mass is 314 g/mol. The Kier molecular flexibility index (Phi) is 4.27. The van der Waals surface area contributed by atoms with Crippen LogP contribution in [0, 0.1) is 6.92 Å². The van der Waals surface area contributed by atoms with Crippen molar-refractivity contribution in [2.75, 3.05) is 24.5 Å². The molecule has 2 saturated heterocycles. The highest BCUT2D eigenvalue weighted by Crippen LogP contribution is 2.31. The van der Waals surface area contributed by atoms with Gasteiger partial charge in [0.1, 0.15) is 11.6 Å². The van der Waals surface area contributed by atoms with Gasteiger partial charge in [-0.2, -0.15) is 0 Å². The lowest BCUT2D eigenvalue weighted by molar-refractivity contribution is 0.163. The molecule has 4 rings (SSSR count). The van der Waals surface area contributed by atoms with Crippen molar-refractivity contribution in [1.82, 2.24) is 14.9 Å². The van der Waals surface area contributed by atoms with Crippen LogP contribution in [0.25, 0.3) is 0 Å². The SMILES string of the molecule is Cc1nc2c(c(N3CCC(N4CCCC4C)CC3)n1)CCCC2. The third-order valence-electron chi connectivity index (χ3n) is 6.11. The normalized spacial score (nSPS) is 26.5. The van der Waals surface area contributed by atoms with Crippen LogP contribution in [0.15, 0.2) is 0 Å². The quantitative estimate of drug-likeness (QED) is 0.839. The summed E-state index contributed by atoms with van der Waals surface area (Å²) in [5, 5.41) is 0. The van der Waals surface area contributed by atoms with Crippen LogP contribution in [0.5, 0.6) is 0 Å². The molecule has 2 fully saturated rings. The Morgan fingerprint density at radius 2 is 1.70 bits per heavy atom.